The molecule has 1 unspecified atom stereocenters. The van der Waals surface area contributed by atoms with Crippen molar-refractivity contribution in [3.8, 4) is 0 Å². The van der Waals surface area contributed by atoms with Gasteiger partial charge >= 0.3 is 6.03 Å². The van der Waals surface area contributed by atoms with Crippen molar-refractivity contribution >= 4 is 17.8 Å². The van der Waals surface area contributed by atoms with Gasteiger partial charge in [-0.1, -0.05) is 80.4 Å². The largest absolute Gasteiger partial charge is 0.375 e. The molecule has 2 saturated heterocycles. The van der Waals surface area contributed by atoms with Crippen molar-refractivity contribution < 1.29 is 19.1 Å². The van der Waals surface area contributed by atoms with E-state index >= 15 is 0 Å². The first kappa shape index (κ1) is 27.6. The van der Waals surface area contributed by atoms with Crippen LogP contribution in [-0.2, 0) is 27.5 Å². The van der Waals surface area contributed by atoms with Gasteiger partial charge in [-0.3, -0.25) is 9.59 Å². The van der Waals surface area contributed by atoms with E-state index < -0.39 is 12.2 Å². The molecular formula is C29H39N5O4. The summed E-state index contributed by atoms with van der Waals surface area (Å²) in [6.07, 6.45) is 0.145. The van der Waals surface area contributed by atoms with Crippen molar-refractivity contribution in [1.29, 1.82) is 0 Å². The topological polar surface area (TPSA) is 85.4 Å². The predicted octanol–water partition coefficient (Wildman–Crippen LogP) is 3.00. The monoisotopic (exact) mass is 521 g/mol. The number of benzene rings is 2. The van der Waals surface area contributed by atoms with Gasteiger partial charge in [-0.05, 0) is 24.0 Å². The molecule has 2 aliphatic heterocycles. The second-order valence-corrected chi connectivity index (χ2v) is 10.2. The number of nitrogens with one attached hydrogen (secondary N) is 1. The van der Waals surface area contributed by atoms with Gasteiger partial charge in [-0.25, -0.2) is 14.8 Å². The van der Waals surface area contributed by atoms with Crippen LogP contribution in [0, 0.1) is 12.8 Å². The van der Waals surface area contributed by atoms with Crippen molar-refractivity contribution in [2.24, 2.45) is 5.92 Å². The fraction of sp³-hybridized carbons (Fsp3) is 0.483. The Bertz CT molecular complexity index is 1110. The fourth-order valence-electron chi connectivity index (χ4n) is 5.10. The third-order valence-electron chi connectivity index (χ3n) is 7.44. The number of rotatable bonds is 9. The smallest absolute Gasteiger partial charge is 0.334 e. The Labute approximate surface area is 225 Å². The quantitative estimate of drug-likeness (QED) is 0.513. The van der Waals surface area contributed by atoms with Crippen LogP contribution in [0.1, 0.15) is 37.0 Å². The summed E-state index contributed by atoms with van der Waals surface area (Å²) in [6, 6.07) is 16.9. The summed E-state index contributed by atoms with van der Waals surface area (Å²) in [5.41, 5.74) is 3.25. The van der Waals surface area contributed by atoms with Crippen LogP contribution in [0.5, 0.6) is 0 Å². The van der Waals surface area contributed by atoms with Gasteiger partial charge < -0.3 is 19.9 Å². The van der Waals surface area contributed by atoms with E-state index in [0.717, 1.165) is 17.5 Å². The minimum Gasteiger partial charge on any atom is -0.375 e. The Morgan fingerprint density at radius 1 is 1.08 bits per heavy atom. The van der Waals surface area contributed by atoms with Crippen LogP contribution < -0.4 is 5.32 Å². The number of carbonyl (C=O) groups is 3. The number of likely N-dealkylation sites (N-methyl/N-ethyl adjacent to an activating group) is 1. The normalized spacial score (nSPS) is 20.9. The molecular weight excluding hydrogens is 482 g/mol. The van der Waals surface area contributed by atoms with Gasteiger partial charge in [-0.15, -0.1) is 0 Å². The molecule has 2 aromatic rings. The molecule has 3 atom stereocenters. The molecule has 9 nitrogen and oxygen atoms in total. The minimum atomic E-state index is -0.624. The summed E-state index contributed by atoms with van der Waals surface area (Å²) in [6.45, 7) is 7.90. The lowest BCUT2D eigenvalue weighted by Crippen LogP contribution is -2.76. The number of urea groups is 1. The summed E-state index contributed by atoms with van der Waals surface area (Å²) in [5, 5.41) is 6.23. The molecule has 204 valence electrons. The van der Waals surface area contributed by atoms with Crippen LogP contribution in [0.25, 0.3) is 0 Å². The van der Waals surface area contributed by atoms with Crippen molar-refractivity contribution in [1.82, 2.24) is 25.1 Å². The van der Waals surface area contributed by atoms with Crippen molar-refractivity contribution in [3.05, 3.63) is 71.3 Å². The maximum Gasteiger partial charge on any atom is 0.334 e. The lowest BCUT2D eigenvalue weighted by molar-refractivity contribution is -0.190. The minimum absolute atomic E-state index is 0.0368. The van der Waals surface area contributed by atoms with Crippen molar-refractivity contribution in [2.75, 3.05) is 33.3 Å². The van der Waals surface area contributed by atoms with Gasteiger partial charge in [0.1, 0.15) is 12.2 Å². The Kier molecular flexibility index (Phi) is 9.01. The Balaban J connectivity index is 1.49. The average molecular weight is 522 g/mol. The van der Waals surface area contributed by atoms with Crippen LogP contribution in [0.4, 0.5) is 4.79 Å². The molecule has 2 heterocycles. The number of nitrogens with zero attached hydrogens (tertiary/aromatic N) is 4. The lowest BCUT2D eigenvalue weighted by Gasteiger charge is -2.55. The van der Waals surface area contributed by atoms with Crippen LogP contribution >= 0.6 is 0 Å². The van der Waals surface area contributed by atoms with E-state index in [4.69, 9.17) is 4.74 Å². The van der Waals surface area contributed by atoms with E-state index in [9.17, 15) is 14.4 Å². The van der Waals surface area contributed by atoms with Gasteiger partial charge in [0, 0.05) is 20.1 Å². The number of aryl methyl sites for hydroxylation is 1. The van der Waals surface area contributed by atoms with E-state index in [-0.39, 0.29) is 36.9 Å². The molecule has 0 radical (unpaired) electrons. The fourth-order valence-corrected chi connectivity index (χ4v) is 5.10. The molecule has 4 amide bonds. The molecule has 0 aromatic heterocycles. The van der Waals surface area contributed by atoms with E-state index in [1.165, 1.54) is 5.56 Å². The predicted molar refractivity (Wildman–Crippen MR) is 144 cm³/mol. The second kappa shape index (κ2) is 12.4. The van der Waals surface area contributed by atoms with Gasteiger partial charge in [0.05, 0.1) is 26.3 Å². The average Bonchev–Trinajstić information content (AvgIpc) is 2.91. The molecule has 0 aliphatic carbocycles. The SMILES string of the molecule is CCC(C)[C@H]1C(=O)N(CCOCc2ccc(C)cc2)C[C@H]2N1C(=O)CN(C)N2C(=O)NCc1ccccc1. The summed E-state index contributed by atoms with van der Waals surface area (Å²) < 4.78 is 5.90. The van der Waals surface area contributed by atoms with Crippen LogP contribution in [0.15, 0.2) is 54.6 Å². The number of hydrogen-bond acceptors (Lipinski definition) is 5. The highest BCUT2D eigenvalue weighted by Gasteiger charge is 2.51. The Morgan fingerprint density at radius 2 is 1.79 bits per heavy atom. The number of ether oxygens (including phenoxy) is 1. The molecule has 2 aliphatic rings. The zero-order chi connectivity index (χ0) is 27.2. The third kappa shape index (κ3) is 6.16. The highest BCUT2D eigenvalue weighted by Crippen LogP contribution is 2.30. The number of piperazine rings is 1. The molecule has 0 bridgehead atoms. The van der Waals surface area contributed by atoms with E-state index in [1.54, 1.807) is 26.9 Å². The number of fused-ring (bicyclic) bond motifs is 1. The zero-order valence-electron chi connectivity index (χ0n) is 22.8. The van der Waals surface area contributed by atoms with E-state index in [0.29, 0.717) is 26.3 Å². The van der Waals surface area contributed by atoms with Crippen molar-refractivity contribution in [3.63, 3.8) is 0 Å². The maximum absolute atomic E-state index is 13.6. The first-order valence-electron chi connectivity index (χ1n) is 13.4. The van der Waals surface area contributed by atoms with Crippen LogP contribution in [0.3, 0.4) is 0 Å². The Hall–Kier alpha value is -3.43. The van der Waals surface area contributed by atoms with Gasteiger partial charge in [-0.2, -0.15) is 0 Å². The van der Waals surface area contributed by atoms with Crippen LogP contribution in [-0.4, -0.2) is 83.2 Å². The Morgan fingerprint density at radius 3 is 2.47 bits per heavy atom. The number of carbonyl (C=O) groups excluding carboxylic acids is 3. The summed E-state index contributed by atoms with van der Waals surface area (Å²) in [7, 11) is 1.74. The molecule has 0 spiro atoms. The summed E-state index contributed by atoms with van der Waals surface area (Å²) in [4.78, 5) is 43.7. The summed E-state index contributed by atoms with van der Waals surface area (Å²) in [5.74, 6) is -0.279. The first-order chi connectivity index (χ1) is 18.3. The zero-order valence-corrected chi connectivity index (χ0v) is 22.8. The molecule has 0 saturated carbocycles. The maximum atomic E-state index is 13.6. The lowest BCUT2D eigenvalue weighted by atomic mass is 9.92. The van der Waals surface area contributed by atoms with Crippen LogP contribution in [0.2, 0.25) is 0 Å². The molecule has 4 rings (SSSR count). The van der Waals surface area contributed by atoms with Gasteiger partial charge in [0.2, 0.25) is 11.8 Å². The molecule has 2 fully saturated rings. The molecule has 1 N–H and O–H groups in total. The number of amides is 4. The summed E-state index contributed by atoms with van der Waals surface area (Å²) >= 11 is 0. The van der Waals surface area contributed by atoms with Gasteiger partial charge in [0.25, 0.3) is 0 Å². The number of hydrogen-bond donors (Lipinski definition) is 1. The molecule has 38 heavy (non-hydrogen) atoms. The van der Waals surface area contributed by atoms with Gasteiger partial charge in [0.15, 0.2) is 0 Å². The number of hydrazine groups is 1. The third-order valence-corrected chi connectivity index (χ3v) is 7.44. The first-order valence-corrected chi connectivity index (χ1v) is 13.4. The van der Waals surface area contributed by atoms with Crippen molar-refractivity contribution in [2.45, 2.75) is 52.6 Å². The highest BCUT2D eigenvalue weighted by molar-refractivity contribution is 5.91. The highest BCUT2D eigenvalue weighted by atomic mass is 16.5. The second-order valence-electron chi connectivity index (χ2n) is 10.2. The standard InChI is InChI=1S/C29H39N5O4/c1-5-22(3)27-28(36)32(15-16-38-20-24-13-11-21(2)12-14-24)18-25-33(27)26(35)19-31(4)34(25)29(37)30-17-23-9-7-6-8-10-23/h6-14,22,25,27H,5,15-20H2,1-4H3,(H,30,37)/t22?,25-,27-/m0/s1. The molecule has 2 aromatic carbocycles. The van der Waals surface area contributed by atoms with E-state index in [2.05, 4.69) is 5.32 Å². The van der Waals surface area contributed by atoms with E-state index in [1.807, 2.05) is 75.4 Å². The molecule has 9 heteroatoms.